The van der Waals surface area contributed by atoms with E-state index >= 15 is 0 Å². The van der Waals surface area contributed by atoms with Crippen molar-refractivity contribution >= 4 is 12.0 Å². The average Bonchev–Trinajstić information content (AvgIpc) is 2.61. The van der Waals surface area contributed by atoms with Crippen molar-refractivity contribution in [2.24, 2.45) is 5.92 Å². The Bertz CT molecular complexity index is 573. The highest BCUT2D eigenvalue weighted by Crippen LogP contribution is 2.20. The number of nitrogens with one attached hydrogen (secondary N) is 1. The highest BCUT2D eigenvalue weighted by molar-refractivity contribution is 5.79. The van der Waals surface area contributed by atoms with Crippen LogP contribution in [0.25, 0.3) is 0 Å². The highest BCUT2D eigenvalue weighted by Gasteiger charge is 2.28. The molecule has 1 saturated heterocycles. The summed E-state index contributed by atoms with van der Waals surface area (Å²) in [7, 11) is 1.41. The van der Waals surface area contributed by atoms with Gasteiger partial charge in [0, 0.05) is 19.1 Å². The van der Waals surface area contributed by atoms with E-state index in [0.717, 1.165) is 31.4 Å². The van der Waals surface area contributed by atoms with Gasteiger partial charge in [-0.15, -0.1) is 0 Å². The number of piperidine rings is 1. The van der Waals surface area contributed by atoms with Crippen LogP contribution in [0.5, 0.6) is 0 Å². The number of hydrogen-bond acceptors (Lipinski definition) is 3. The van der Waals surface area contributed by atoms with E-state index in [1.165, 1.54) is 12.7 Å². The Morgan fingerprint density at radius 3 is 2.71 bits per heavy atom. The maximum atomic E-state index is 12.4. The van der Waals surface area contributed by atoms with Crippen molar-refractivity contribution in [3.63, 3.8) is 0 Å². The lowest BCUT2D eigenvalue weighted by Crippen LogP contribution is -2.48. The maximum Gasteiger partial charge on any atom is 0.409 e. The van der Waals surface area contributed by atoms with Crippen molar-refractivity contribution in [3.8, 4) is 0 Å². The molecule has 5 heteroatoms. The molecule has 1 aliphatic rings. The zero-order chi connectivity index (χ0) is 17.5. The van der Waals surface area contributed by atoms with Gasteiger partial charge in [0.2, 0.25) is 5.91 Å². The molecule has 0 radical (unpaired) electrons. The standard InChI is InChI=1S/C19H28N2O3/c1-4-15-8-5-6-9-16(15)12-18(22)20-14(2)17-10-7-11-21(13-17)19(23)24-3/h5-6,8-9,14,17H,4,7,10-13H2,1-3H3,(H,20,22). The van der Waals surface area contributed by atoms with Gasteiger partial charge in [0.25, 0.3) is 0 Å². The van der Waals surface area contributed by atoms with Gasteiger partial charge in [0.1, 0.15) is 0 Å². The Balaban J connectivity index is 1.90. The lowest BCUT2D eigenvalue weighted by Gasteiger charge is -2.35. The van der Waals surface area contributed by atoms with Gasteiger partial charge in [-0.1, -0.05) is 31.2 Å². The first kappa shape index (κ1) is 18.3. The highest BCUT2D eigenvalue weighted by atomic mass is 16.5. The number of benzene rings is 1. The number of carbonyl (C=O) groups excluding carboxylic acids is 2. The minimum atomic E-state index is -0.282. The number of nitrogens with zero attached hydrogens (tertiary/aromatic N) is 1. The summed E-state index contributed by atoms with van der Waals surface area (Å²) in [5.74, 6) is 0.307. The minimum absolute atomic E-state index is 0.0404. The van der Waals surface area contributed by atoms with Crippen molar-refractivity contribution in [2.75, 3.05) is 20.2 Å². The summed E-state index contributed by atoms with van der Waals surface area (Å²) in [4.78, 5) is 25.8. The number of hydrogen-bond donors (Lipinski definition) is 1. The molecule has 1 N–H and O–H groups in total. The van der Waals surface area contributed by atoms with E-state index in [1.54, 1.807) is 4.90 Å². The van der Waals surface area contributed by atoms with E-state index < -0.39 is 0 Å². The van der Waals surface area contributed by atoms with Gasteiger partial charge in [-0.3, -0.25) is 4.79 Å². The van der Waals surface area contributed by atoms with Crippen molar-refractivity contribution < 1.29 is 14.3 Å². The lowest BCUT2D eigenvalue weighted by atomic mass is 9.91. The number of carbonyl (C=O) groups is 2. The molecule has 2 rings (SSSR count). The summed E-state index contributed by atoms with van der Waals surface area (Å²) in [5.41, 5.74) is 2.30. The third-order valence-corrected chi connectivity index (χ3v) is 4.84. The van der Waals surface area contributed by atoms with Crippen LogP contribution in [-0.4, -0.2) is 43.1 Å². The maximum absolute atomic E-state index is 12.4. The van der Waals surface area contributed by atoms with Crippen molar-refractivity contribution in [2.45, 2.75) is 45.6 Å². The third kappa shape index (κ3) is 4.73. The van der Waals surface area contributed by atoms with Crippen LogP contribution in [0.3, 0.4) is 0 Å². The van der Waals surface area contributed by atoms with Crippen LogP contribution < -0.4 is 5.32 Å². The predicted octanol–water partition coefficient (Wildman–Crippen LogP) is 2.77. The molecule has 0 aliphatic carbocycles. The topological polar surface area (TPSA) is 58.6 Å². The van der Waals surface area contributed by atoms with Gasteiger partial charge in [0.15, 0.2) is 0 Å². The predicted molar refractivity (Wildman–Crippen MR) is 93.8 cm³/mol. The van der Waals surface area contributed by atoms with Gasteiger partial charge in [0.05, 0.1) is 13.5 Å². The van der Waals surface area contributed by atoms with Crippen LogP contribution in [0.4, 0.5) is 4.79 Å². The Morgan fingerprint density at radius 1 is 1.33 bits per heavy atom. The fraction of sp³-hybridized carbons (Fsp3) is 0.579. The molecular weight excluding hydrogens is 304 g/mol. The Labute approximate surface area is 144 Å². The number of ether oxygens (including phenoxy) is 1. The zero-order valence-electron chi connectivity index (χ0n) is 14.9. The summed E-state index contributed by atoms with van der Waals surface area (Å²) >= 11 is 0. The van der Waals surface area contributed by atoms with Gasteiger partial charge < -0.3 is 15.0 Å². The van der Waals surface area contributed by atoms with Crippen molar-refractivity contribution in [1.29, 1.82) is 0 Å². The first-order chi connectivity index (χ1) is 11.5. The second-order valence-corrected chi connectivity index (χ2v) is 6.47. The molecular formula is C19H28N2O3. The molecule has 0 spiro atoms. The van der Waals surface area contributed by atoms with Crippen molar-refractivity contribution in [1.82, 2.24) is 10.2 Å². The van der Waals surface area contributed by atoms with Crippen LogP contribution in [-0.2, 0) is 22.4 Å². The number of amides is 2. The van der Waals surface area contributed by atoms with Crippen LogP contribution in [0, 0.1) is 5.92 Å². The molecule has 2 atom stereocenters. The van der Waals surface area contributed by atoms with Crippen LogP contribution in [0.15, 0.2) is 24.3 Å². The lowest BCUT2D eigenvalue weighted by molar-refractivity contribution is -0.121. The Kier molecular flexibility index (Phi) is 6.64. The summed E-state index contributed by atoms with van der Waals surface area (Å²) in [6.07, 6.45) is 3.01. The van der Waals surface area contributed by atoms with Crippen LogP contribution in [0.1, 0.15) is 37.8 Å². The van der Waals surface area contributed by atoms with Crippen LogP contribution in [0.2, 0.25) is 0 Å². The molecule has 0 bridgehead atoms. The molecule has 1 aromatic rings. The first-order valence-corrected chi connectivity index (χ1v) is 8.74. The van der Waals surface area contributed by atoms with E-state index in [2.05, 4.69) is 18.3 Å². The molecule has 1 fully saturated rings. The number of likely N-dealkylation sites (tertiary alicyclic amines) is 1. The average molecular weight is 332 g/mol. The quantitative estimate of drug-likeness (QED) is 0.902. The molecule has 1 aromatic carbocycles. The smallest absolute Gasteiger partial charge is 0.409 e. The molecule has 2 amide bonds. The Morgan fingerprint density at radius 2 is 2.04 bits per heavy atom. The molecule has 24 heavy (non-hydrogen) atoms. The number of aryl methyl sites for hydroxylation is 1. The zero-order valence-corrected chi connectivity index (χ0v) is 14.9. The van der Waals surface area contributed by atoms with E-state index in [9.17, 15) is 9.59 Å². The van der Waals surface area contributed by atoms with E-state index in [4.69, 9.17) is 4.74 Å². The SMILES string of the molecule is CCc1ccccc1CC(=O)NC(C)C1CCCN(C(=O)OC)C1. The molecule has 0 saturated carbocycles. The molecule has 2 unspecified atom stereocenters. The molecule has 1 aliphatic heterocycles. The van der Waals surface area contributed by atoms with E-state index in [0.29, 0.717) is 13.0 Å². The monoisotopic (exact) mass is 332 g/mol. The summed E-state index contributed by atoms with van der Waals surface area (Å²) in [5, 5.41) is 3.11. The molecule has 132 valence electrons. The molecule has 5 nitrogen and oxygen atoms in total. The summed E-state index contributed by atoms with van der Waals surface area (Å²) < 4.78 is 4.80. The first-order valence-electron chi connectivity index (χ1n) is 8.74. The normalized spacial score (nSPS) is 18.8. The van der Waals surface area contributed by atoms with E-state index in [1.807, 2.05) is 25.1 Å². The fourth-order valence-electron chi connectivity index (χ4n) is 3.38. The van der Waals surface area contributed by atoms with Crippen molar-refractivity contribution in [3.05, 3.63) is 35.4 Å². The van der Waals surface area contributed by atoms with Gasteiger partial charge in [-0.2, -0.15) is 0 Å². The van der Waals surface area contributed by atoms with Gasteiger partial charge in [-0.25, -0.2) is 4.79 Å². The summed E-state index contributed by atoms with van der Waals surface area (Å²) in [6.45, 7) is 5.49. The fourth-order valence-corrected chi connectivity index (χ4v) is 3.38. The van der Waals surface area contributed by atoms with Gasteiger partial charge >= 0.3 is 6.09 Å². The third-order valence-electron chi connectivity index (χ3n) is 4.84. The Hall–Kier alpha value is -2.04. The van der Waals surface area contributed by atoms with Crippen LogP contribution >= 0.6 is 0 Å². The van der Waals surface area contributed by atoms with E-state index in [-0.39, 0.29) is 24.0 Å². The number of rotatable bonds is 5. The largest absolute Gasteiger partial charge is 0.453 e. The second-order valence-electron chi connectivity index (χ2n) is 6.47. The minimum Gasteiger partial charge on any atom is -0.453 e. The van der Waals surface area contributed by atoms with Gasteiger partial charge in [-0.05, 0) is 43.2 Å². The molecule has 0 aromatic heterocycles. The number of methoxy groups -OCH3 is 1. The summed E-state index contributed by atoms with van der Waals surface area (Å²) in [6, 6.07) is 8.11. The molecule has 1 heterocycles. The second kappa shape index (κ2) is 8.71.